The Balaban J connectivity index is 1.50. The standard InChI is InChI=1S/C19H26N6O2/c1-12-17(20)13(2)23-19(22-12)27-14(3)18(26)24-15-6-9-25(10-7-15)16-5-4-8-21-11-16/h4-5,8,11,14-15H,6-7,9-10,20H2,1-3H3,(H,24,26). The number of hydrogen-bond acceptors (Lipinski definition) is 7. The van der Waals surface area contributed by atoms with Crippen molar-refractivity contribution in [3.05, 3.63) is 35.9 Å². The molecule has 3 heterocycles. The number of nitrogens with two attached hydrogens (primary N) is 1. The van der Waals surface area contributed by atoms with Crippen molar-refractivity contribution >= 4 is 17.3 Å². The van der Waals surface area contributed by atoms with Gasteiger partial charge in [-0.05, 0) is 45.7 Å². The summed E-state index contributed by atoms with van der Waals surface area (Å²) >= 11 is 0. The molecule has 1 aliphatic heterocycles. The van der Waals surface area contributed by atoms with E-state index in [1.54, 1.807) is 27.0 Å². The zero-order valence-electron chi connectivity index (χ0n) is 16.0. The summed E-state index contributed by atoms with van der Waals surface area (Å²) < 4.78 is 5.62. The van der Waals surface area contributed by atoms with Gasteiger partial charge in [0.05, 0.1) is 29.0 Å². The molecule has 3 N–H and O–H groups in total. The zero-order valence-corrected chi connectivity index (χ0v) is 16.0. The van der Waals surface area contributed by atoms with Crippen molar-refractivity contribution in [1.82, 2.24) is 20.3 Å². The van der Waals surface area contributed by atoms with Crippen LogP contribution >= 0.6 is 0 Å². The van der Waals surface area contributed by atoms with E-state index in [9.17, 15) is 4.79 Å². The highest BCUT2D eigenvalue weighted by atomic mass is 16.5. The Morgan fingerprint density at radius 1 is 1.30 bits per heavy atom. The van der Waals surface area contributed by atoms with Crippen molar-refractivity contribution in [2.45, 2.75) is 45.8 Å². The van der Waals surface area contributed by atoms with Crippen LogP contribution in [-0.2, 0) is 4.79 Å². The maximum Gasteiger partial charge on any atom is 0.317 e. The van der Waals surface area contributed by atoms with Crippen LogP contribution in [0.3, 0.4) is 0 Å². The molecular formula is C19H26N6O2. The van der Waals surface area contributed by atoms with Gasteiger partial charge in [-0.1, -0.05) is 0 Å². The van der Waals surface area contributed by atoms with Gasteiger partial charge in [-0.3, -0.25) is 9.78 Å². The van der Waals surface area contributed by atoms with Crippen molar-refractivity contribution in [2.75, 3.05) is 23.7 Å². The Hall–Kier alpha value is -2.90. The number of nitrogens with one attached hydrogen (secondary N) is 1. The number of carbonyl (C=O) groups excluding carboxylic acids is 1. The van der Waals surface area contributed by atoms with Crippen molar-refractivity contribution in [2.24, 2.45) is 0 Å². The van der Waals surface area contributed by atoms with Gasteiger partial charge < -0.3 is 20.7 Å². The fourth-order valence-corrected chi connectivity index (χ4v) is 3.10. The van der Waals surface area contributed by atoms with E-state index < -0.39 is 6.10 Å². The third-order valence-corrected chi connectivity index (χ3v) is 4.81. The predicted molar refractivity (Wildman–Crippen MR) is 104 cm³/mol. The van der Waals surface area contributed by atoms with Crippen molar-refractivity contribution < 1.29 is 9.53 Å². The topological polar surface area (TPSA) is 106 Å². The summed E-state index contributed by atoms with van der Waals surface area (Å²) in [6.07, 6.45) is 4.72. The SMILES string of the molecule is Cc1nc(OC(C)C(=O)NC2CCN(c3cccnc3)CC2)nc(C)c1N. The summed E-state index contributed by atoms with van der Waals surface area (Å²) in [4.78, 5) is 27.3. The van der Waals surface area contributed by atoms with Crippen LogP contribution in [0.5, 0.6) is 6.01 Å². The zero-order chi connectivity index (χ0) is 19.4. The van der Waals surface area contributed by atoms with Crippen molar-refractivity contribution in [1.29, 1.82) is 0 Å². The molecule has 0 aliphatic carbocycles. The van der Waals surface area contributed by atoms with Crippen LogP contribution in [0.2, 0.25) is 0 Å². The Bertz CT molecular complexity index is 767. The number of piperidine rings is 1. The van der Waals surface area contributed by atoms with Gasteiger partial charge in [0.1, 0.15) is 0 Å². The minimum atomic E-state index is -0.677. The largest absolute Gasteiger partial charge is 0.450 e. The number of ether oxygens (including phenoxy) is 1. The average molecular weight is 370 g/mol. The summed E-state index contributed by atoms with van der Waals surface area (Å²) in [6, 6.07) is 4.30. The molecule has 3 rings (SSSR count). The van der Waals surface area contributed by atoms with Crippen molar-refractivity contribution in [3.63, 3.8) is 0 Å². The highest BCUT2D eigenvalue weighted by Gasteiger charge is 2.24. The maximum absolute atomic E-state index is 12.5. The number of carbonyl (C=O) groups is 1. The maximum atomic E-state index is 12.5. The number of anilines is 2. The molecule has 2 aromatic heterocycles. The molecule has 27 heavy (non-hydrogen) atoms. The van der Waals surface area contributed by atoms with Crippen LogP contribution in [0.25, 0.3) is 0 Å². The number of amides is 1. The molecule has 1 atom stereocenters. The van der Waals surface area contributed by atoms with E-state index >= 15 is 0 Å². The molecule has 8 nitrogen and oxygen atoms in total. The first-order chi connectivity index (χ1) is 12.9. The van der Waals surface area contributed by atoms with E-state index in [0.717, 1.165) is 31.6 Å². The molecule has 1 fully saturated rings. The Morgan fingerprint density at radius 2 is 1.96 bits per heavy atom. The predicted octanol–water partition coefficient (Wildman–Crippen LogP) is 1.62. The summed E-state index contributed by atoms with van der Waals surface area (Å²) in [5.41, 5.74) is 8.80. The number of pyridine rings is 1. The van der Waals surface area contributed by atoms with Gasteiger partial charge in [0.2, 0.25) is 0 Å². The second kappa shape index (κ2) is 8.20. The third kappa shape index (κ3) is 4.64. The first kappa shape index (κ1) is 18.9. The van der Waals surface area contributed by atoms with Crippen LogP contribution < -0.4 is 20.7 Å². The minimum Gasteiger partial charge on any atom is -0.450 e. The van der Waals surface area contributed by atoms with Crippen LogP contribution in [-0.4, -0.2) is 46.1 Å². The molecule has 0 aromatic carbocycles. The van der Waals surface area contributed by atoms with Crippen LogP contribution in [0.1, 0.15) is 31.2 Å². The summed E-state index contributed by atoms with van der Waals surface area (Å²) in [5.74, 6) is -0.162. The van der Waals surface area contributed by atoms with E-state index in [1.807, 2.05) is 12.3 Å². The summed E-state index contributed by atoms with van der Waals surface area (Å²) in [7, 11) is 0. The number of aromatic nitrogens is 3. The molecule has 2 aromatic rings. The molecule has 0 saturated carbocycles. The lowest BCUT2D eigenvalue weighted by Crippen LogP contribution is -2.48. The number of aryl methyl sites for hydroxylation is 2. The van der Waals surface area contributed by atoms with Crippen LogP contribution in [0, 0.1) is 13.8 Å². The highest BCUT2D eigenvalue weighted by Crippen LogP contribution is 2.19. The fourth-order valence-electron chi connectivity index (χ4n) is 3.10. The van der Waals surface area contributed by atoms with E-state index in [-0.39, 0.29) is 18.0 Å². The summed E-state index contributed by atoms with van der Waals surface area (Å²) in [5, 5.41) is 3.07. The number of nitrogens with zero attached hydrogens (tertiary/aromatic N) is 4. The Kier molecular flexibility index (Phi) is 5.73. The smallest absolute Gasteiger partial charge is 0.317 e. The van der Waals surface area contributed by atoms with Gasteiger partial charge in [-0.25, -0.2) is 0 Å². The Morgan fingerprint density at radius 3 is 2.56 bits per heavy atom. The lowest BCUT2D eigenvalue weighted by atomic mass is 10.0. The number of nitrogen functional groups attached to an aromatic ring is 1. The second-order valence-electron chi connectivity index (χ2n) is 6.83. The number of rotatable bonds is 5. The molecule has 144 valence electrons. The lowest BCUT2D eigenvalue weighted by molar-refractivity contribution is -0.128. The van der Waals surface area contributed by atoms with Crippen LogP contribution in [0.15, 0.2) is 24.5 Å². The molecule has 1 aliphatic rings. The third-order valence-electron chi connectivity index (χ3n) is 4.81. The lowest BCUT2D eigenvalue weighted by Gasteiger charge is -2.34. The molecule has 1 unspecified atom stereocenters. The van der Waals surface area contributed by atoms with E-state index in [1.165, 1.54) is 0 Å². The normalized spacial score (nSPS) is 16.0. The fraction of sp³-hybridized carbons (Fsp3) is 0.474. The van der Waals surface area contributed by atoms with Crippen molar-refractivity contribution in [3.8, 4) is 6.01 Å². The monoisotopic (exact) mass is 370 g/mol. The van der Waals surface area contributed by atoms with Gasteiger partial charge in [0.25, 0.3) is 5.91 Å². The van der Waals surface area contributed by atoms with Gasteiger partial charge >= 0.3 is 6.01 Å². The molecule has 1 saturated heterocycles. The molecule has 0 bridgehead atoms. The highest BCUT2D eigenvalue weighted by molar-refractivity contribution is 5.81. The average Bonchev–Trinajstić information content (AvgIpc) is 2.67. The molecule has 1 amide bonds. The van der Waals surface area contributed by atoms with Gasteiger partial charge in [-0.15, -0.1) is 0 Å². The molecule has 0 spiro atoms. The summed E-state index contributed by atoms with van der Waals surface area (Å²) in [6.45, 7) is 7.04. The minimum absolute atomic E-state index is 0.132. The van der Waals surface area contributed by atoms with Gasteiger partial charge in [-0.2, -0.15) is 9.97 Å². The number of hydrogen-bond donors (Lipinski definition) is 2. The molecular weight excluding hydrogens is 344 g/mol. The molecule has 8 heteroatoms. The quantitative estimate of drug-likeness (QED) is 0.824. The van der Waals surface area contributed by atoms with E-state index in [2.05, 4.69) is 31.2 Å². The van der Waals surface area contributed by atoms with Crippen LogP contribution in [0.4, 0.5) is 11.4 Å². The first-order valence-electron chi connectivity index (χ1n) is 9.16. The first-order valence-corrected chi connectivity index (χ1v) is 9.16. The molecule has 0 radical (unpaired) electrons. The van der Waals surface area contributed by atoms with E-state index in [4.69, 9.17) is 10.5 Å². The Labute approximate surface area is 159 Å². The van der Waals surface area contributed by atoms with Gasteiger partial charge in [0, 0.05) is 25.3 Å². The van der Waals surface area contributed by atoms with Gasteiger partial charge in [0.15, 0.2) is 6.10 Å². The second-order valence-corrected chi connectivity index (χ2v) is 6.83. The van der Waals surface area contributed by atoms with E-state index in [0.29, 0.717) is 17.1 Å².